The molecule has 1 rings (SSSR count). The molecule has 1 aromatic rings. The number of hydrogen-bond acceptors (Lipinski definition) is 3. The molecular formula is C11H15N3O2. The van der Waals surface area contributed by atoms with Gasteiger partial charge in [0.1, 0.15) is 0 Å². The van der Waals surface area contributed by atoms with Gasteiger partial charge in [-0.15, -0.1) is 0 Å². The van der Waals surface area contributed by atoms with Gasteiger partial charge in [0.15, 0.2) is 0 Å². The summed E-state index contributed by atoms with van der Waals surface area (Å²) in [5.41, 5.74) is 3.49. The number of carbonyl (C=O) groups excluding carboxylic acids is 2. The molecule has 5 heteroatoms. The zero-order valence-electron chi connectivity index (χ0n) is 9.36. The molecule has 0 spiro atoms. The second kappa shape index (κ2) is 5.27. The van der Waals surface area contributed by atoms with E-state index in [0.717, 1.165) is 11.3 Å². The lowest BCUT2D eigenvalue weighted by Gasteiger charge is -2.21. The van der Waals surface area contributed by atoms with Crippen LogP contribution in [0.25, 0.3) is 0 Å². The van der Waals surface area contributed by atoms with Crippen molar-refractivity contribution in [3.05, 3.63) is 29.8 Å². The molecule has 0 bridgehead atoms. The molecular weight excluding hydrogens is 206 g/mol. The van der Waals surface area contributed by atoms with E-state index in [2.05, 4.69) is 0 Å². The number of para-hydroxylation sites is 1. The first-order valence-electron chi connectivity index (χ1n) is 4.99. The number of nitrogens with one attached hydrogen (secondary N) is 1. The number of rotatable bonds is 2. The lowest BCUT2D eigenvalue weighted by molar-refractivity contribution is -0.137. The van der Waals surface area contributed by atoms with Crippen LogP contribution in [0.1, 0.15) is 12.5 Å². The van der Waals surface area contributed by atoms with Gasteiger partial charge in [0.05, 0.1) is 0 Å². The van der Waals surface area contributed by atoms with Gasteiger partial charge in [-0.2, -0.15) is 0 Å². The van der Waals surface area contributed by atoms with Crippen LogP contribution in [0.15, 0.2) is 24.3 Å². The van der Waals surface area contributed by atoms with Crippen LogP contribution in [-0.4, -0.2) is 18.4 Å². The second-order valence-electron chi connectivity index (χ2n) is 3.31. The maximum absolute atomic E-state index is 11.7. The van der Waals surface area contributed by atoms with Gasteiger partial charge in [0.25, 0.3) is 0 Å². The highest BCUT2D eigenvalue weighted by Crippen LogP contribution is 2.19. The normalized spacial score (nSPS) is 9.69. The van der Waals surface area contributed by atoms with Crippen molar-refractivity contribution in [3.63, 3.8) is 0 Å². The van der Waals surface area contributed by atoms with E-state index in [4.69, 9.17) is 5.84 Å². The van der Waals surface area contributed by atoms with Crippen molar-refractivity contribution in [1.29, 1.82) is 0 Å². The maximum atomic E-state index is 11.7. The summed E-state index contributed by atoms with van der Waals surface area (Å²) in [5, 5.41) is 0. The topological polar surface area (TPSA) is 75.4 Å². The van der Waals surface area contributed by atoms with Crippen LogP contribution in [0.5, 0.6) is 0 Å². The van der Waals surface area contributed by atoms with Gasteiger partial charge in [0.2, 0.25) is 0 Å². The Balaban J connectivity index is 3.04. The first-order valence-corrected chi connectivity index (χ1v) is 4.99. The Kier molecular flexibility index (Phi) is 4.02. The molecule has 0 saturated heterocycles. The second-order valence-corrected chi connectivity index (χ2v) is 3.31. The number of nitrogens with zero attached hydrogens (tertiary/aromatic N) is 1. The number of amides is 2. The van der Waals surface area contributed by atoms with Crippen molar-refractivity contribution in [3.8, 4) is 0 Å². The number of hydrazine groups is 1. The highest BCUT2D eigenvalue weighted by molar-refractivity contribution is 6.40. The van der Waals surface area contributed by atoms with Crippen LogP contribution in [0.3, 0.4) is 0 Å². The third kappa shape index (κ3) is 2.38. The minimum absolute atomic E-state index is 0.414. The fourth-order valence-electron chi connectivity index (χ4n) is 1.47. The number of nitrogens with two attached hydrogens (primary N) is 1. The monoisotopic (exact) mass is 221 g/mol. The summed E-state index contributed by atoms with van der Waals surface area (Å²) in [6.45, 7) is 4.09. The first kappa shape index (κ1) is 12.2. The van der Waals surface area contributed by atoms with E-state index in [-0.39, 0.29) is 0 Å². The number of aryl methyl sites for hydroxylation is 1. The third-order valence-electron chi connectivity index (χ3n) is 2.29. The molecule has 0 saturated carbocycles. The van der Waals surface area contributed by atoms with Crippen LogP contribution >= 0.6 is 0 Å². The van der Waals surface area contributed by atoms with Crippen molar-refractivity contribution < 1.29 is 9.59 Å². The SMILES string of the molecule is CCN(C(=O)C(=O)NN)c1ccccc1C. The van der Waals surface area contributed by atoms with Crippen molar-refractivity contribution in [1.82, 2.24) is 5.43 Å². The molecule has 0 heterocycles. The van der Waals surface area contributed by atoms with E-state index in [1.165, 1.54) is 4.90 Å². The molecule has 0 fully saturated rings. The standard InChI is InChI=1S/C11H15N3O2/c1-3-14(11(16)10(15)13-12)9-7-5-4-6-8(9)2/h4-7H,3,12H2,1-2H3,(H,13,15). The Bertz CT molecular complexity index is 404. The summed E-state index contributed by atoms with van der Waals surface area (Å²) in [7, 11) is 0. The molecule has 0 unspecified atom stereocenters. The predicted molar refractivity (Wildman–Crippen MR) is 61.5 cm³/mol. The van der Waals surface area contributed by atoms with Gasteiger partial charge in [-0.05, 0) is 25.5 Å². The Morgan fingerprint density at radius 2 is 2.00 bits per heavy atom. The van der Waals surface area contributed by atoms with Gasteiger partial charge < -0.3 is 4.90 Å². The molecule has 16 heavy (non-hydrogen) atoms. The van der Waals surface area contributed by atoms with Gasteiger partial charge >= 0.3 is 11.8 Å². The van der Waals surface area contributed by atoms with E-state index >= 15 is 0 Å². The van der Waals surface area contributed by atoms with Crippen molar-refractivity contribution in [2.24, 2.45) is 5.84 Å². The van der Waals surface area contributed by atoms with Gasteiger partial charge in [0, 0.05) is 12.2 Å². The summed E-state index contributed by atoms with van der Waals surface area (Å²) in [5.74, 6) is 3.47. The molecule has 0 aromatic heterocycles. The average Bonchev–Trinajstić information content (AvgIpc) is 2.31. The minimum Gasteiger partial charge on any atom is -0.304 e. The van der Waals surface area contributed by atoms with Crippen molar-refractivity contribution in [2.45, 2.75) is 13.8 Å². The number of carbonyl (C=O) groups is 2. The molecule has 86 valence electrons. The molecule has 3 N–H and O–H groups in total. The summed E-state index contributed by atoms with van der Waals surface area (Å²) in [6, 6.07) is 7.37. The number of anilines is 1. The van der Waals surface area contributed by atoms with Gasteiger partial charge in [-0.1, -0.05) is 18.2 Å². The number of likely N-dealkylation sites (N-methyl/N-ethyl adjacent to an activating group) is 1. The number of hydrogen-bond donors (Lipinski definition) is 2. The largest absolute Gasteiger partial charge is 0.323 e. The summed E-state index contributed by atoms with van der Waals surface area (Å²) in [4.78, 5) is 24.2. The lowest BCUT2D eigenvalue weighted by atomic mass is 10.2. The molecule has 0 radical (unpaired) electrons. The van der Waals surface area contributed by atoms with Gasteiger partial charge in [-0.3, -0.25) is 15.0 Å². The summed E-state index contributed by atoms with van der Waals surface area (Å²) >= 11 is 0. The molecule has 0 aliphatic carbocycles. The predicted octanol–water partition coefficient (Wildman–Crippen LogP) is 0.338. The quantitative estimate of drug-likeness (QED) is 0.327. The highest BCUT2D eigenvalue weighted by atomic mass is 16.2. The van der Waals surface area contributed by atoms with Crippen molar-refractivity contribution in [2.75, 3.05) is 11.4 Å². The first-order chi connectivity index (χ1) is 7.61. The Morgan fingerprint density at radius 1 is 1.38 bits per heavy atom. The molecule has 2 amide bonds. The van der Waals surface area contributed by atoms with E-state index in [1.807, 2.05) is 30.5 Å². The van der Waals surface area contributed by atoms with Crippen LogP contribution < -0.4 is 16.2 Å². The molecule has 0 aliphatic heterocycles. The molecule has 1 aromatic carbocycles. The third-order valence-corrected chi connectivity index (χ3v) is 2.29. The minimum atomic E-state index is -0.815. The molecule has 0 atom stereocenters. The maximum Gasteiger partial charge on any atom is 0.323 e. The zero-order valence-corrected chi connectivity index (χ0v) is 9.36. The highest BCUT2D eigenvalue weighted by Gasteiger charge is 2.21. The fraction of sp³-hybridized carbons (Fsp3) is 0.273. The van der Waals surface area contributed by atoms with E-state index < -0.39 is 11.8 Å². The van der Waals surface area contributed by atoms with Gasteiger partial charge in [-0.25, -0.2) is 5.84 Å². The Hall–Kier alpha value is -1.88. The molecule has 0 aliphatic rings. The van der Waals surface area contributed by atoms with E-state index in [0.29, 0.717) is 6.54 Å². The smallest absolute Gasteiger partial charge is 0.304 e. The lowest BCUT2D eigenvalue weighted by Crippen LogP contribution is -2.45. The van der Waals surface area contributed by atoms with Crippen LogP contribution in [0.2, 0.25) is 0 Å². The molecule has 5 nitrogen and oxygen atoms in total. The summed E-state index contributed by atoms with van der Waals surface area (Å²) in [6.07, 6.45) is 0. The Labute approximate surface area is 94.2 Å². The van der Waals surface area contributed by atoms with Crippen LogP contribution in [0, 0.1) is 6.92 Å². The number of benzene rings is 1. The average molecular weight is 221 g/mol. The van der Waals surface area contributed by atoms with E-state index in [1.54, 1.807) is 13.0 Å². The fourth-order valence-corrected chi connectivity index (χ4v) is 1.47. The van der Waals surface area contributed by atoms with Crippen molar-refractivity contribution >= 4 is 17.5 Å². The Morgan fingerprint density at radius 3 is 2.50 bits per heavy atom. The van der Waals surface area contributed by atoms with E-state index in [9.17, 15) is 9.59 Å². The zero-order chi connectivity index (χ0) is 12.1. The van der Waals surface area contributed by atoms with Crippen LogP contribution in [-0.2, 0) is 9.59 Å². The van der Waals surface area contributed by atoms with Crippen LogP contribution in [0.4, 0.5) is 5.69 Å². The summed E-state index contributed by atoms with van der Waals surface area (Å²) < 4.78 is 0.